The lowest BCUT2D eigenvalue weighted by molar-refractivity contribution is 0.917. The van der Waals surface area contributed by atoms with Gasteiger partial charge in [0.05, 0.1) is 5.69 Å². The predicted octanol–water partition coefficient (Wildman–Crippen LogP) is 2.53. The van der Waals surface area contributed by atoms with Crippen LogP contribution in [0.4, 0.5) is 5.82 Å². The number of nitrogens with zero attached hydrogens (tertiary/aromatic N) is 3. The summed E-state index contributed by atoms with van der Waals surface area (Å²) in [6, 6.07) is 12.0. The van der Waals surface area contributed by atoms with Crippen molar-refractivity contribution in [1.29, 1.82) is 0 Å². The van der Waals surface area contributed by atoms with E-state index in [9.17, 15) is 0 Å². The average Bonchev–Trinajstić information content (AvgIpc) is 2.64. The molecular weight excluding hydrogens is 224 g/mol. The van der Waals surface area contributed by atoms with Gasteiger partial charge in [-0.1, -0.05) is 18.2 Å². The maximum atomic E-state index is 5.58. The van der Waals surface area contributed by atoms with Gasteiger partial charge in [0, 0.05) is 29.2 Å². The first-order chi connectivity index (χ1) is 8.68. The molecule has 4 heteroatoms. The number of aromatic nitrogens is 3. The summed E-state index contributed by atoms with van der Waals surface area (Å²) in [5, 5.41) is 9.31. The fourth-order valence-electron chi connectivity index (χ4n) is 2.32. The van der Waals surface area contributed by atoms with E-state index < -0.39 is 0 Å². The van der Waals surface area contributed by atoms with E-state index in [0.717, 1.165) is 11.3 Å². The highest BCUT2D eigenvalue weighted by atomic mass is 15.1. The third-order valence-corrected chi connectivity index (χ3v) is 3.34. The molecule has 90 valence electrons. The lowest BCUT2D eigenvalue weighted by Gasteiger charge is -2.01. The van der Waals surface area contributed by atoms with Gasteiger partial charge >= 0.3 is 0 Å². The molecule has 3 aromatic rings. The van der Waals surface area contributed by atoms with Crippen molar-refractivity contribution in [3.05, 3.63) is 42.1 Å². The second kappa shape index (κ2) is 3.84. The van der Waals surface area contributed by atoms with Crippen LogP contribution in [0.3, 0.4) is 0 Å². The zero-order valence-electron chi connectivity index (χ0n) is 10.4. The number of nitrogen functional groups attached to an aromatic ring is 1. The molecule has 0 aliphatic rings. The van der Waals surface area contributed by atoms with E-state index in [-0.39, 0.29) is 0 Å². The molecule has 0 aliphatic carbocycles. The molecule has 0 unspecified atom stereocenters. The van der Waals surface area contributed by atoms with E-state index in [1.54, 1.807) is 6.07 Å². The van der Waals surface area contributed by atoms with E-state index >= 15 is 0 Å². The Kier molecular flexibility index (Phi) is 2.30. The fourth-order valence-corrected chi connectivity index (χ4v) is 2.32. The Balaban J connectivity index is 2.35. The standard InChI is InChI=1S/C14H14N4/c1-9-14(11-7-8-13(15)17-16-11)10-5-3-4-6-12(10)18(9)2/h3-8H,1-2H3,(H2,15,17). The maximum Gasteiger partial charge on any atom is 0.146 e. The van der Waals surface area contributed by atoms with Crippen LogP contribution in [-0.4, -0.2) is 14.8 Å². The van der Waals surface area contributed by atoms with E-state index in [4.69, 9.17) is 5.73 Å². The summed E-state index contributed by atoms with van der Waals surface area (Å²) < 4.78 is 2.17. The quantitative estimate of drug-likeness (QED) is 0.708. The van der Waals surface area contributed by atoms with Crippen molar-refractivity contribution in [3.63, 3.8) is 0 Å². The number of anilines is 1. The van der Waals surface area contributed by atoms with Crippen LogP contribution in [0.5, 0.6) is 0 Å². The monoisotopic (exact) mass is 238 g/mol. The minimum atomic E-state index is 0.441. The van der Waals surface area contributed by atoms with Crippen LogP contribution < -0.4 is 5.73 Å². The number of aryl methyl sites for hydroxylation is 1. The van der Waals surface area contributed by atoms with Crippen molar-refractivity contribution < 1.29 is 0 Å². The summed E-state index contributed by atoms with van der Waals surface area (Å²) in [7, 11) is 2.06. The topological polar surface area (TPSA) is 56.7 Å². The smallest absolute Gasteiger partial charge is 0.146 e. The molecule has 0 spiro atoms. The van der Waals surface area contributed by atoms with Crippen molar-refractivity contribution in [2.24, 2.45) is 7.05 Å². The zero-order valence-corrected chi connectivity index (χ0v) is 10.4. The van der Waals surface area contributed by atoms with Gasteiger partial charge in [0.15, 0.2) is 0 Å². The minimum absolute atomic E-state index is 0.441. The van der Waals surface area contributed by atoms with Gasteiger partial charge in [0.2, 0.25) is 0 Å². The van der Waals surface area contributed by atoms with Crippen LogP contribution in [-0.2, 0) is 7.05 Å². The number of hydrogen-bond donors (Lipinski definition) is 1. The van der Waals surface area contributed by atoms with Crippen molar-refractivity contribution in [1.82, 2.24) is 14.8 Å². The van der Waals surface area contributed by atoms with Gasteiger partial charge in [-0.05, 0) is 25.1 Å². The Morgan fingerprint density at radius 1 is 1.06 bits per heavy atom. The molecule has 0 saturated carbocycles. The van der Waals surface area contributed by atoms with Crippen LogP contribution in [0.25, 0.3) is 22.2 Å². The molecule has 18 heavy (non-hydrogen) atoms. The number of rotatable bonds is 1. The highest BCUT2D eigenvalue weighted by Gasteiger charge is 2.14. The van der Waals surface area contributed by atoms with Gasteiger partial charge in [-0.25, -0.2) is 0 Å². The van der Waals surface area contributed by atoms with E-state index in [2.05, 4.69) is 40.9 Å². The van der Waals surface area contributed by atoms with Gasteiger partial charge in [-0.15, -0.1) is 10.2 Å². The van der Waals surface area contributed by atoms with E-state index in [1.807, 2.05) is 18.2 Å². The molecule has 1 aromatic carbocycles. The number of fused-ring (bicyclic) bond motifs is 1. The summed E-state index contributed by atoms with van der Waals surface area (Å²) >= 11 is 0. The zero-order chi connectivity index (χ0) is 12.7. The molecule has 0 amide bonds. The van der Waals surface area contributed by atoms with E-state index in [1.165, 1.54) is 16.6 Å². The second-order valence-corrected chi connectivity index (χ2v) is 4.38. The molecule has 4 nitrogen and oxygen atoms in total. The molecule has 0 saturated heterocycles. The number of para-hydroxylation sites is 1. The van der Waals surface area contributed by atoms with Crippen LogP contribution >= 0.6 is 0 Å². The molecule has 2 heterocycles. The first-order valence-electron chi connectivity index (χ1n) is 5.82. The average molecular weight is 238 g/mol. The molecule has 2 N–H and O–H groups in total. The van der Waals surface area contributed by atoms with Crippen LogP contribution in [0, 0.1) is 6.92 Å². The van der Waals surface area contributed by atoms with Gasteiger partial charge < -0.3 is 10.3 Å². The fraction of sp³-hybridized carbons (Fsp3) is 0.143. The van der Waals surface area contributed by atoms with Crippen LogP contribution in [0.2, 0.25) is 0 Å². The van der Waals surface area contributed by atoms with Crippen LogP contribution in [0.1, 0.15) is 5.69 Å². The van der Waals surface area contributed by atoms with Gasteiger partial charge in [0.25, 0.3) is 0 Å². The van der Waals surface area contributed by atoms with Crippen molar-refractivity contribution >= 4 is 16.7 Å². The lowest BCUT2D eigenvalue weighted by Crippen LogP contribution is -1.95. The van der Waals surface area contributed by atoms with Gasteiger partial charge in [-0.3, -0.25) is 0 Å². The Morgan fingerprint density at radius 2 is 1.83 bits per heavy atom. The highest BCUT2D eigenvalue weighted by Crippen LogP contribution is 2.32. The highest BCUT2D eigenvalue weighted by molar-refractivity contribution is 5.97. The van der Waals surface area contributed by atoms with Gasteiger partial charge in [-0.2, -0.15) is 0 Å². The summed E-state index contributed by atoms with van der Waals surface area (Å²) in [6.07, 6.45) is 0. The lowest BCUT2D eigenvalue weighted by atomic mass is 10.1. The van der Waals surface area contributed by atoms with Crippen molar-refractivity contribution in [2.75, 3.05) is 5.73 Å². The summed E-state index contributed by atoms with van der Waals surface area (Å²) in [6.45, 7) is 2.09. The molecule has 3 rings (SSSR count). The summed E-state index contributed by atoms with van der Waals surface area (Å²) in [4.78, 5) is 0. The summed E-state index contributed by atoms with van der Waals surface area (Å²) in [5.74, 6) is 0.441. The predicted molar refractivity (Wildman–Crippen MR) is 73.1 cm³/mol. The second-order valence-electron chi connectivity index (χ2n) is 4.38. The first-order valence-corrected chi connectivity index (χ1v) is 5.82. The number of hydrogen-bond acceptors (Lipinski definition) is 3. The molecule has 0 atom stereocenters. The molecule has 0 bridgehead atoms. The molecular formula is C14H14N4. The third-order valence-electron chi connectivity index (χ3n) is 3.34. The Labute approximate surface area is 105 Å². The third kappa shape index (κ3) is 1.46. The number of nitrogens with two attached hydrogens (primary N) is 1. The van der Waals surface area contributed by atoms with Crippen LogP contribution in [0.15, 0.2) is 36.4 Å². The molecule has 0 fully saturated rings. The number of benzene rings is 1. The van der Waals surface area contributed by atoms with Crippen molar-refractivity contribution in [2.45, 2.75) is 6.92 Å². The van der Waals surface area contributed by atoms with Crippen molar-refractivity contribution in [3.8, 4) is 11.3 Å². The Morgan fingerprint density at radius 3 is 2.56 bits per heavy atom. The largest absolute Gasteiger partial charge is 0.382 e. The Hall–Kier alpha value is -2.36. The molecule has 0 radical (unpaired) electrons. The molecule has 2 aromatic heterocycles. The maximum absolute atomic E-state index is 5.58. The SMILES string of the molecule is Cc1c(-c2ccc(N)nn2)c2ccccc2n1C. The Bertz CT molecular complexity index is 710. The van der Waals surface area contributed by atoms with E-state index in [0.29, 0.717) is 5.82 Å². The normalized spacial score (nSPS) is 11.0. The minimum Gasteiger partial charge on any atom is -0.382 e. The summed E-state index contributed by atoms with van der Waals surface area (Å²) in [5.41, 5.74) is 9.94. The molecule has 0 aliphatic heterocycles. The first kappa shape index (κ1) is 10.8. The van der Waals surface area contributed by atoms with Gasteiger partial charge in [0.1, 0.15) is 5.82 Å².